The van der Waals surface area contributed by atoms with Gasteiger partial charge >= 0.3 is 0 Å². The van der Waals surface area contributed by atoms with Gasteiger partial charge in [0, 0.05) is 12.5 Å². The summed E-state index contributed by atoms with van der Waals surface area (Å²) >= 11 is 1.69. The molecule has 1 aromatic heterocycles. The minimum absolute atomic E-state index is 0.222. The van der Waals surface area contributed by atoms with E-state index >= 15 is 0 Å². The quantitative estimate of drug-likeness (QED) is 0.734. The molecular weight excluding hydrogens is 170 g/mol. The van der Waals surface area contributed by atoms with E-state index in [0.29, 0.717) is 0 Å². The van der Waals surface area contributed by atoms with Crippen LogP contribution in [0.1, 0.15) is 12.0 Å². The highest BCUT2D eigenvalue weighted by Gasteiger charge is 2.23. The average Bonchev–Trinajstić information content (AvgIpc) is 2.65. The summed E-state index contributed by atoms with van der Waals surface area (Å²) in [5.74, 6) is 0.445. The van der Waals surface area contributed by atoms with Crippen molar-refractivity contribution in [2.45, 2.75) is 12.8 Å². The molecule has 0 saturated carbocycles. The standard InChI is InChI=1S/C9H11NOS/c11-9-8(1-3-10-9)5-7-2-4-12-6-7/h2,4,6,8H,1,3,5H2,(H,10,11). The van der Waals surface area contributed by atoms with Crippen LogP contribution in [-0.4, -0.2) is 12.5 Å². The molecule has 0 spiro atoms. The van der Waals surface area contributed by atoms with Gasteiger partial charge in [-0.05, 0) is 35.2 Å². The van der Waals surface area contributed by atoms with Crippen molar-refractivity contribution in [1.82, 2.24) is 5.32 Å². The maximum absolute atomic E-state index is 11.2. The zero-order valence-corrected chi connectivity index (χ0v) is 7.56. The van der Waals surface area contributed by atoms with Crippen molar-refractivity contribution in [3.8, 4) is 0 Å². The maximum atomic E-state index is 11.2. The van der Waals surface area contributed by atoms with Gasteiger partial charge in [0.25, 0.3) is 0 Å². The van der Waals surface area contributed by atoms with Crippen molar-refractivity contribution in [3.05, 3.63) is 22.4 Å². The molecule has 1 atom stereocenters. The molecule has 12 heavy (non-hydrogen) atoms. The number of thiophene rings is 1. The summed E-state index contributed by atoms with van der Waals surface area (Å²) in [6, 6.07) is 2.09. The average molecular weight is 181 g/mol. The third kappa shape index (κ3) is 1.50. The third-order valence-corrected chi connectivity index (χ3v) is 2.96. The molecule has 0 radical (unpaired) electrons. The molecule has 1 aliphatic rings. The van der Waals surface area contributed by atoms with E-state index < -0.39 is 0 Å². The normalized spacial score (nSPS) is 22.7. The molecular formula is C9H11NOS. The van der Waals surface area contributed by atoms with Gasteiger partial charge in [0.15, 0.2) is 0 Å². The molecule has 64 valence electrons. The molecule has 0 bridgehead atoms. The molecule has 1 N–H and O–H groups in total. The monoisotopic (exact) mass is 181 g/mol. The van der Waals surface area contributed by atoms with Gasteiger partial charge in [0.1, 0.15) is 0 Å². The van der Waals surface area contributed by atoms with Crippen LogP contribution in [0, 0.1) is 5.92 Å². The first kappa shape index (κ1) is 7.80. The van der Waals surface area contributed by atoms with Gasteiger partial charge in [0.2, 0.25) is 5.91 Å². The lowest BCUT2D eigenvalue weighted by Crippen LogP contribution is -2.20. The molecule has 1 unspecified atom stereocenters. The van der Waals surface area contributed by atoms with Gasteiger partial charge in [-0.1, -0.05) is 0 Å². The fraction of sp³-hybridized carbons (Fsp3) is 0.444. The lowest BCUT2D eigenvalue weighted by Gasteiger charge is -2.03. The number of amides is 1. The van der Waals surface area contributed by atoms with Crippen molar-refractivity contribution in [1.29, 1.82) is 0 Å². The Bertz CT molecular complexity index is 268. The van der Waals surface area contributed by atoms with E-state index in [4.69, 9.17) is 0 Å². The third-order valence-electron chi connectivity index (χ3n) is 2.23. The van der Waals surface area contributed by atoms with Gasteiger partial charge in [0.05, 0.1) is 0 Å². The van der Waals surface area contributed by atoms with Gasteiger partial charge < -0.3 is 5.32 Å². The Hall–Kier alpha value is -0.830. The lowest BCUT2D eigenvalue weighted by atomic mass is 10.0. The van der Waals surface area contributed by atoms with Crippen molar-refractivity contribution >= 4 is 17.2 Å². The first-order chi connectivity index (χ1) is 5.86. The van der Waals surface area contributed by atoms with E-state index in [1.54, 1.807) is 11.3 Å². The van der Waals surface area contributed by atoms with Crippen LogP contribution in [0.3, 0.4) is 0 Å². The first-order valence-corrected chi connectivity index (χ1v) is 5.09. The SMILES string of the molecule is O=C1NCCC1Cc1ccsc1. The second-order valence-electron chi connectivity index (χ2n) is 3.11. The molecule has 1 aromatic rings. The van der Waals surface area contributed by atoms with E-state index in [2.05, 4.69) is 22.1 Å². The summed E-state index contributed by atoms with van der Waals surface area (Å²) in [4.78, 5) is 11.2. The lowest BCUT2D eigenvalue weighted by molar-refractivity contribution is -0.122. The van der Waals surface area contributed by atoms with Crippen LogP contribution < -0.4 is 5.32 Å². The molecule has 2 heterocycles. The second-order valence-corrected chi connectivity index (χ2v) is 3.89. The molecule has 0 aliphatic carbocycles. The van der Waals surface area contributed by atoms with Crippen LogP contribution in [-0.2, 0) is 11.2 Å². The van der Waals surface area contributed by atoms with Gasteiger partial charge in [-0.15, -0.1) is 0 Å². The van der Waals surface area contributed by atoms with Crippen LogP contribution in [0.25, 0.3) is 0 Å². The zero-order valence-electron chi connectivity index (χ0n) is 6.75. The van der Waals surface area contributed by atoms with Gasteiger partial charge in [-0.25, -0.2) is 0 Å². The maximum Gasteiger partial charge on any atom is 0.223 e. The topological polar surface area (TPSA) is 29.1 Å². The number of nitrogens with one attached hydrogen (secondary N) is 1. The predicted octanol–water partition coefficient (Wildman–Crippen LogP) is 1.43. The molecule has 0 aromatic carbocycles. The Morgan fingerprint density at radius 3 is 3.17 bits per heavy atom. The zero-order chi connectivity index (χ0) is 8.39. The largest absolute Gasteiger partial charge is 0.356 e. The Kier molecular flexibility index (Phi) is 2.13. The summed E-state index contributed by atoms with van der Waals surface area (Å²) in [5.41, 5.74) is 1.29. The van der Waals surface area contributed by atoms with Crippen LogP contribution in [0.5, 0.6) is 0 Å². The highest BCUT2D eigenvalue weighted by Crippen LogP contribution is 2.17. The number of hydrogen-bond acceptors (Lipinski definition) is 2. The molecule has 3 heteroatoms. The molecule has 1 fully saturated rings. The molecule has 1 saturated heterocycles. The van der Waals surface area contributed by atoms with Gasteiger partial charge in [-0.3, -0.25) is 4.79 Å². The van der Waals surface area contributed by atoms with Crippen LogP contribution in [0.2, 0.25) is 0 Å². The van der Waals surface area contributed by atoms with Crippen LogP contribution >= 0.6 is 11.3 Å². The summed E-state index contributed by atoms with van der Waals surface area (Å²) in [6.45, 7) is 0.855. The summed E-state index contributed by atoms with van der Waals surface area (Å²) in [7, 11) is 0. The summed E-state index contributed by atoms with van der Waals surface area (Å²) < 4.78 is 0. The van der Waals surface area contributed by atoms with Crippen LogP contribution in [0.4, 0.5) is 0 Å². The fourth-order valence-corrected chi connectivity index (χ4v) is 2.21. The van der Waals surface area contributed by atoms with E-state index in [0.717, 1.165) is 19.4 Å². The highest BCUT2D eigenvalue weighted by molar-refractivity contribution is 7.07. The smallest absolute Gasteiger partial charge is 0.223 e. The van der Waals surface area contributed by atoms with E-state index in [1.807, 2.05) is 0 Å². The minimum Gasteiger partial charge on any atom is -0.356 e. The van der Waals surface area contributed by atoms with E-state index in [1.165, 1.54) is 5.56 Å². The minimum atomic E-state index is 0.222. The Labute approximate surface area is 75.6 Å². The number of rotatable bonds is 2. The number of carbonyl (C=O) groups excluding carboxylic acids is 1. The van der Waals surface area contributed by atoms with E-state index in [-0.39, 0.29) is 11.8 Å². The first-order valence-electron chi connectivity index (χ1n) is 4.15. The van der Waals surface area contributed by atoms with Crippen LogP contribution in [0.15, 0.2) is 16.8 Å². The molecule has 2 rings (SSSR count). The van der Waals surface area contributed by atoms with E-state index in [9.17, 15) is 4.79 Å². The van der Waals surface area contributed by atoms with Crippen molar-refractivity contribution in [2.24, 2.45) is 5.92 Å². The Morgan fingerprint density at radius 2 is 2.58 bits per heavy atom. The highest BCUT2D eigenvalue weighted by atomic mass is 32.1. The molecule has 2 nitrogen and oxygen atoms in total. The molecule has 1 aliphatic heterocycles. The number of hydrogen-bond donors (Lipinski definition) is 1. The summed E-state index contributed by atoms with van der Waals surface area (Å²) in [6.07, 6.45) is 1.91. The van der Waals surface area contributed by atoms with Crippen molar-refractivity contribution in [2.75, 3.05) is 6.54 Å². The Balaban J connectivity index is 1.99. The van der Waals surface area contributed by atoms with Crippen molar-refractivity contribution in [3.63, 3.8) is 0 Å². The Morgan fingerprint density at radius 1 is 1.67 bits per heavy atom. The second kappa shape index (κ2) is 3.27. The predicted molar refractivity (Wildman–Crippen MR) is 49.1 cm³/mol. The van der Waals surface area contributed by atoms with Gasteiger partial charge in [-0.2, -0.15) is 11.3 Å². The molecule has 1 amide bonds. The fourth-order valence-electron chi connectivity index (χ4n) is 1.53. The summed E-state index contributed by atoms with van der Waals surface area (Å²) in [5, 5.41) is 7.02. The van der Waals surface area contributed by atoms with Crippen molar-refractivity contribution < 1.29 is 4.79 Å². The number of carbonyl (C=O) groups is 1.